The summed E-state index contributed by atoms with van der Waals surface area (Å²) in [5.41, 5.74) is 1.58. The Balaban J connectivity index is 2.43. The average Bonchev–Trinajstić information content (AvgIpc) is 2.17. The third-order valence-corrected chi connectivity index (χ3v) is 2.20. The van der Waals surface area contributed by atoms with Crippen molar-refractivity contribution in [3.05, 3.63) is 35.5 Å². The molecule has 0 fully saturated rings. The van der Waals surface area contributed by atoms with Crippen molar-refractivity contribution in [3.63, 3.8) is 0 Å². The number of hydrogen-bond donors (Lipinski definition) is 1. The normalized spacial score (nSPS) is 26.7. The topological polar surface area (TPSA) is 41.5 Å². The monoisotopic (exact) mass is 166 g/mol. The molecule has 0 aromatic rings. The molecule has 1 unspecified atom stereocenters. The van der Waals surface area contributed by atoms with Crippen LogP contribution in [-0.2, 0) is 11.0 Å². The minimum absolute atomic E-state index is 0.758. The molecule has 2 heterocycles. The van der Waals surface area contributed by atoms with Crippen molar-refractivity contribution in [1.82, 2.24) is 5.32 Å². The fourth-order valence-electron chi connectivity index (χ4n) is 0.902. The summed E-state index contributed by atoms with van der Waals surface area (Å²) in [6, 6.07) is 0. The molecule has 0 aromatic carbocycles. The van der Waals surface area contributed by atoms with Gasteiger partial charge in [0.25, 0.3) is 0 Å². The summed E-state index contributed by atoms with van der Waals surface area (Å²) < 4.78 is 14.7. The molecule has 4 heteroatoms. The Kier molecular flexibility index (Phi) is 1.47. The third-order valence-electron chi connectivity index (χ3n) is 1.38. The molecule has 0 aliphatic carbocycles. The van der Waals surface area contributed by atoms with Gasteiger partial charge in [-0.3, -0.25) is 0 Å². The Morgan fingerprint density at radius 3 is 3.27 bits per heavy atom. The first kappa shape index (κ1) is 6.54. The molecule has 1 atom stereocenters. The van der Waals surface area contributed by atoms with Gasteiger partial charge >= 0.3 is 0 Å². The predicted octanol–water partition coefficient (Wildman–Crippen LogP) is 0.619. The second-order valence-corrected chi connectivity index (χ2v) is 3.12. The van der Waals surface area contributed by atoms with Crippen LogP contribution in [0.15, 0.2) is 39.9 Å². The lowest BCUT2D eigenvalue weighted by molar-refractivity contribution is 0.690. The summed E-state index contributed by atoms with van der Waals surface area (Å²) in [6.45, 7) is 0. The first-order chi connectivity index (χ1) is 5.36. The molecule has 3 nitrogen and oxygen atoms in total. The van der Waals surface area contributed by atoms with Crippen LogP contribution in [0.5, 0.6) is 0 Å². The van der Waals surface area contributed by atoms with Gasteiger partial charge in [-0.25, -0.2) is 4.21 Å². The Morgan fingerprint density at radius 2 is 2.36 bits per heavy atom. The van der Waals surface area contributed by atoms with Crippen LogP contribution in [0.3, 0.4) is 0 Å². The number of rotatable bonds is 0. The summed E-state index contributed by atoms with van der Waals surface area (Å²) in [5.74, 6) is 0. The first-order valence-corrected chi connectivity index (χ1v) is 4.34. The van der Waals surface area contributed by atoms with E-state index in [4.69, 9.17) is 0 Å². The minimum Gasteiger partial charge on any atom is -0.359 e. The lowest BCUT2D eigenvalue weighted by Gasteiger charge is -1.96. The molecule has 11 heavy (non-hydrogen) atoms. The molecule has 0 saturated carbocycles. The predicted molar refractivity (Wildman–Crippen MR) is 45.1 cm³/mol. The Hall–Kier alpha value is -1.16. The van der Waals surface area contributed by atoms with Gasteiger partial charge < -0.3 is 5.32 Å². The Labute approximate surface area is 66.8 Å². The van der Waals surface area contributed by atoms with E-state index in [0.29, 0.717) is 0 Å². The highest BCUT2D eigenvalue weighted by Gasteiger charge is 2.13. The van der Waals surface area contributed by atoms with Crippen LogP contribution < -0.4 is 5.32 Å². The molecule has 0 saturated heterocycles. The van der Waals surface area contributed by atoms with Gasteiger partial charge in [0.1, 0.15) is 0 Å². The van der Waals surface area contributed by atoms with Gasteiger partial charge in [-0.2, -0.15) is 4.40 Å². The second-order valence-electron chi connectivity index (χ2n) is 2.15. The zero-order chi connectivity index (χ0) is 7.68. The number of fused-ring (bicyclic) bond motifs is 1. The Morgan fingerprint density at radius 1 is 1.45 bits per heavy atom. The highest BCUT2D eigenvalue weighted by molar-refractivity contribution is 7.87. The largest absolute Gasteiger partial charge is 0.359 e. The van der Waals surface area contributed by atoms with E-state index >= 15 is 0 Å². The van der Waals surface area contributed by atoms with Crippen LogP contribution >= 0.6 is 0 Å². The van der Waals surface area contributed by atoms with Crippen molar-refractivity contribution in [2.75, 3.05) is 0 Å². The van der Waals surface area contributed by atoms with Gasteiger partial charge in [0.15, 0.2) is 11.0 Å². The van der Waals surface area contributed by atoms with E-state index in [1.807, 2.05) is 18.2 Å². The molecule has 0 spiro atoms. The fourth-order valence-corrected chi connectivity index (χ4v) is 1.70. The van der Waals surface area contributed by atoms with Crippen LogP contribution in [0.25, 0.3) is 0 Å². The number of nitrogens with one attached hydrogen (secondary N) is 1. The molecule has 56 valence electrons. The van der Waals surface area contributed by atoms with Crippen molar-refractivity contribution in [2.24, 2.45) is 4.40 Å². The van der Waals surface area contributed by atoms with Crippen LogP contribution in [0, 0.1) is 0 Å². The lowest BCUT2D eigenvalue weighted by Crippen LogP contribution is -2.09. The summed E-state index contributed by atoms with van der Waals surface area (Å²) in [6.07, 6.45) is 7.33. The van der Waals surface area contributed by atoms with Crippen LogP contribution in [0.4, 0.5) is 0 Å². The maximum atomic E-state index is 10.9. The van der Waals surface area contributed by atoms with Gasteiger partial charge in [-0.05, 0) is 12.2 Å². The van der Waals surface area contributed by atoms with E-state index < -0.39 is 11.0 Å². The molecule has 2 aliphatic heterocycles. The van der Waals surface area contributed by atoms with Gasteiger partial charge in [0.2, 0.25) is 0 Å². The first-order valence-electron chi connectivity index (χ1n) is 3.17. The third kappa shape index (κ3) is 1.17. The highest BCUT2D eigenvalue weighted by atomic mass is 32.2. The summed E-state index contributed by atoms with van der Waals surface area (Å²) in [7, 11) is -1.17. The van der Waals surface area contributed by atoms with E-state index in [1.165, 1.54) is 0 Å². The zero-order valence-electron chi connectivity index (χ0n) is 5.65. The van der Waals surface area contributed by atoms with Crippen LogP contribution in [0.2, 0.25) is 0 Å². The zero-order valence-corrected chi connectivity index (χ0v) is 6.47. The number of allylic oxidation sites excluding steroid dienone is 3. The van der Waals surface area contributed by atoms with Crippen molar-refractivity contribution in [1.29, 1.82) is 0 Å². The lowest BCUT2D eigenvalue weighted by atomic mass is 10.3. The fraction of sp³-hybridized carbons (Fsp3) is 0. The SMILES string of the molecule is O=S1C=C2NC=CC=CC2=N1. The summed E-state index contributed by atoms with van der Waals surface area (Å²) >= 11 is 0. The van der Waals surface area contributed by atoms with E-state index in [2.05, 4.69) is 9.71 Å². The molecule has 0 amide bonds. The second kappa shape index (κ2) is 2.47. The van der Waals surface area contributed by atoms with E-state index in [1.54, 1.807) is 11.6 Å². The van der Waals surface area contributed by atoms with Gasteiger partial charge in [0, 0.05) is 6.20 Å². The standard InChI is InChI=1S/C7H6N2OS/c10-11-5-7-6(9-11)3-1-2-4-8-7/h1-5,8H. The Bertz CT molecular complexity index is 325. The van der Waals surface area contributed by atoms with E-state index in [-0.39, 0.29) is 0 Å². The maximum Gasteiger partial charge on any atom is 0.167 e. The smallest absolute Gasteiger partial charge is 0.167 e. The number of nitrogens with zero attached hydrogens (tertiary/aromatic N) is 1. The number of hydrogen-bond acceptors (Lipinski definition) is 2. The van der Waals surface area contributed by atoms with E-state index in [0.717, 1.165) is 11.4 Å². The van der Waals surface area contributed by atoms with Crippen molar-refractivity contribution >= 4 is 16.7 Å². The van der Waals surface area contributed by atoms with Gasteiger partial charge in [0.05, 0.1) is 16.8 Å². The quantitative estimate of drug-likeness (QED) is 0.573. The van der Waals surface area contributed by atoms with Crippen molar-refractivity contribution < 1.29 is 4.21 Å². The molecule has 2 aliphatic rings. The van der Waals surface area contributed by atoms with Crippen LogP contribution in [0.1, 0.15) is 0 Å². The summed E-state index contributed by atoms with van der Waals surface area (Å²) in [4.78, 5) is 0. The molecule has 1 N–H and O–H groups in total. The van der Waals surface area contributed by atoms with E-state index in [9.17, 15) is 4.21 Å². The highest BCUT2D eigenvalue weighted by Crippen LogP contribution is 2.10. The molecule has 0 bridgehead atoms. The maximum absolute atomic E-state index is 10.9. The molecule has 0 aromatic heterocycles. The minimum atomic E-state index is -1.17. The average molecular weight is 166 g/mol. The molecule has 0 radical (unpaired) electrons. The van der Waals surface area contributed by atoms with Gasteiger partial charge in [-0.15, -0.1) is 0 Å². The summed E-state index contributed by atoms with van der Waals surface area (Å²) in [5, 5.41) is 4.56. The van der Waals surface area contributed by atoms with Crippen molar-refractivity contribution in [3.8, 4) is 0 Å². The van der Waals surface area contributed by atoms with Crippen LogP contribution in [-0.4, -0.2) is 9.92 Å². The van der Waals surface area contributed by atoms with Crippen molar-refractivity contribution in [2.45, 2.75) is 0 Å². The molecular formula is C7H6N2OS. The van der Waals surface area contributed by atoms with Gasteiger partial charge in [-0.1, -0.05) is 6.08 Å². The molecular weight excluding hydrogens is 160 g/mol. The molecule has 2 rings (SSSR count).